The Kier molecular flexibility index (Phi) is 4.68. The van der Waals surface area contributed by atoms with Crippen molar-refractivity contribution in [2.24, 2.45) is 0 Å². The van der Waals surface area contributed by atoms with E-state index < -0.39 is 27.8 Å². The van der Waals surface area contributed by atoms with Gasteiger partial charge in [-0.15, -0.1) is 0 Å². The summed E-state index contributed by atoms with van der Waals surface area (Å²) in [6, 6.07) is 9.59. The molecular weight excluding hydrogens is 376 g/mol. The van der Waals surface area contributed by atoms with Crippen LogP contribution in [0.5, 0.6) is 5.75 Å². The number of benzene rings is 2. The summed E-state index contributed by atoms with van der Waals surface area (Å²) in [5.41, 5.74) is 0.0492. The van der Waals surface area contributed by atoms with Crippen LogP contribution in [-0.2, 0) is 14.9 Å². The van der Waals surface area contributed by atoms with E-state index in [2.05, 4.69) is 4.72 Å². The van der Waals surface area contributed by atoms with Crippen molar-refractivity contribution < 1.29 is 32.4 Å². The van der Waals surface area contributed by atoms with Gasteiger partial charge in [0, 0.05) is 0 Å². The maximum absolute atomic E-state index is 12.4. The second kappa shape index (κ2) is 6.82. The van der Waals surface area contributed by atoms with Crippen LogP contribution in [-0.4, -0.2) is 45.4 Å². The van der Waals surface area contributed by atoms with Crippen LogP contribution in [0, 0.1) is 0 Å². The zero-order chi connectivity index (χ0) is 19.8. The fourth-order valence-corrected chi connectivity index (χ4v) is 3.43. The number of amides is 2. The summed E-state index contributed by atoms with van der Waals surface area (Å²) >= 11 is 0. The van der Waals surface area contributed by atoms with Gasteiger partial charge in [-0.05, 0) is 37.4 Å². The number of nitrogens with zero attached hydrogens (tertiary/aromatic N) is 1. The number of sulfonamides is 1. The summed E-state index contributed by atoms with van der Waals surface area (Å²) in [6.07, 6.45) is 0. The molecule has 2 amide bonds. The molecule has 1 heterocycles. The minimum Gasteiger partial charge on any atom is -0.495 e. The predicted molar refractivity (Wildman–Crippen MR) is 91.6 cm³/mol. The van der Waals surface area contributed by atoms with E-state index in [4.69, 9.17) is 9.57 Å². The van der Waals surface area contributed by atoms with Crippen LogP contribution in [0.2, 0.25) is 0 Å². The van der Waals surface area contributed by atoms with Gasteiger partial charge in [-0.25, -0.2) is 17.9 Å². The van der Waals surface area contributed by atoms with E-state index in [1.807, 2.05) is 0 Å². The van der Waals surface area contributed by atoms with E-state index in [-0.39, 0.29) is 27.3 Å². The molecule has 0 spiro atoms. The van der Waals surface area contributed by atoms with E-state index in [1.165, 1.54) is 38.4 Å². The third-order valence-corrected chi connectivity index (χ3v) is 5.32. The van der Waals surface area contributed by atoms with E-state index >= 15 is 0 Å². The Morgan fingerprint density at radius 2 is 1.63 bits per heavy atom. The molecule has 0 atom stereocenters. The molecule has 0 unspecified atom stereocenters. The molecule has 2 aromatic carbocycles. The van der Waals surface area contributed by atoms with Gasteiger partial charge in [0.05, 0.1) is 23.8 Å². The first-order valence-corrected chi connectivity index (χ1v) is 9.10. The number of ether oxygens (including phenoxy) is 1. The van der Waals surface area contributed by atoms with Crippen LogP contribution < -0.4 is 9.46 Å². The largest absolute Gasteiger partial charge is 0.495 e. The zero-order valence-electron chi connectivity index (χ0n) is 14.3. The quantitative estimate of drug-likeness (QED) is 0.756. The lowest BCUT2D eigenvalue weighted by atomic mass is 10.1. The molecule has 10 heteroatoms. The molecule has 1 N–H and O–H groups in total. The number of hydroxylamine groups is 2. The van der Waals surface area contributed by atoms with E-state index in [1.54, 1.807) is 12.1 Å². The number of imide groups is 1. The van der Waals surface area contributed by atoms with Gasteiger partial charge in [-0.3, -0.25) is 9.59 Å². The third kappa shape index (κ3) is 3.15. The molecule has 1 aliphatic rings. The highest BCUT2D eigenvalue weighted by atomic mass is 32.2. The first-order valence-electron chi connectivity index (χ1n) is 7.62. The molecule has 0 fully saturated rings. The highest BCUT2D eigenvalue weighted by molar-refractivity contribution is 7.89. The summed E-state index contributed by atoms with van der Waals surface area (Å²) in [5, 5.41) is 0.351. The lowest BCUT2D eigenvalue weighted by molar-refractivity contribution is -0.0584. The molecule has 9 nitrogen and oxygen atoms in total. The number of fused-ring (bicyclic) bond motifs is 1. The number of hydrogen-bond acceptors (Lipinski definition) is 7. The monoisotopic (exact) mass is 390 g/mol. The Morgan fingerprint density at radius 3 is 2.15 bits per heavy atom. The lowest BCUT2D eigenvalue weighted by Crippen LogP contribution is -2.32. The van der Waals surface area contributed by atoms with Gasteiger partial charge >= 0.3 is 5.97 Å². The number of hydrogen-bond donors (Lipinski definition) is 1. The number of carbonyl (C=O) groups is 3. The Hall–Kier alpha value is -3.24. The van der Waals surface area contributed by atoms with Crippen molar-refractivity contribution in [2.75, 3.05) is 14.2 Å². The van der Waals surface area contributed by atoms with Gasteiger partial charge < -0.3 is 9.57 Å². The van der Waals surface area contributed by atoms with Crippen LogP contribution >= 0.6 is 0 Å². The van der Waals surface area contributed by atoms with E-state index in [0.29, 0.717) is 5.06 Å². The number of methoxy groups -OCH3 is 1. The van der Waals surface area contributed by atoms with Gasteiger partial charge in [0.25, 0.3) is 11.8 Å². The lowest BCUT2D eigenvalue weighted by Gasteiger charge is -2.14. The number of rotatable bonds is 5. The predicted octanol–water partition coefficient (Wildman–Crippen LogP) is 0.971. The number of nitrogens with one attached hydrogen (secondary N) is 1. The highest BCUT2D eigenvalue weighted by Gasteiger charge is 2.39. The molecule has 0 saturated heterocycles. The van der Waals surface area contributed by atoms with Crippen molar-refractivity contribution >= 4 is 27.8 Å². The van der Waals surface area contributed by atoms with Crippen molar-refractivity contribution in [1.29, 1.82) is 0 Å². The summed E-state index contributed by atoms with van der Waals surface area (Å²) < 4.78 is 31.3. The first kappa shape index (κ1) is 18.5. The molecule has 1 aliphatic heterocycles. The molecule has 27 heavy (non-hydrogen) atoms. The third-order valence-electron chi connectivity index (χ3n) is 3.89. The van der Waals surface area contributed by atoms with Crippen molar-refractivity contribution in [2.45, 2.75) is 4.90 Å². The van der Waals surface area contributed by atoms with Crippen molar-refractivity contribution in [3.05, 3.63) is 59.2 Å². The fourth-order valence-electron chi connectivity index (χ4n) is 2.51. The minimum atomic E-state index is -3.92. The van der Waals surface area contributed by atoms with Gasteiger partial charge in [0.2, 0.25) is 10.0 Å². The van der Waals surface area contributed by atoms with Crippen LogP contribution in [0.1, 0.15) is 31.1 Å². The average Bonchev–Trinajstić information content (AvgIpc) is 2.92. The van der Waals surface area contributed by atoms with Crippen molar-refractivity contribution in [3.63, 3.8) is 0 Å². The van der Waals surface area contributed by atoms with Crippen LogP contribution in [0.15, 0.2) is 47.4 Å². The van der Waals surface area contributed by atoms with Crippen LogP contribution in [0.25, 0.3) is 0 Å². The molecule has 0 radical (unpaired) electrons. The van der Waals surface area contributed by atoms with E-state index in [0.717, 1.165) is 6.07 Å². The van der Waals surface area contributed by atoms with Gasteiger partial charge in [-0.1, -0.05) is 17.2 Å². The molecular formula is C17H14N2O7S. The molecule has 2 aromatic rings. The topological polar surface area (TPSA) is 119 Å². The Labute approximate surface area is 154 Å². The second-order valence-corrected chi connectivity index (χ2v) is 7.26. The summed E-state index contributed by atoms with van der Waals surface area (Å²) in [6.45, 7) is 0. The highest BCUT2D eigenvalue weighted by Crippen LogP contribution is 2.27. The number of carbonyl (C=O) groups excluding carboxylic acids is 3. The van der Waals surface area contributed by atoms with Gasteiger partial charge in [-0.2, -0.15) is 0 Å². The molecule has 0 aromatic heterocycles. The zero-order valence-corrected chi connectivity index (χ0v) is 15.1. The van der Waals surface area contributed by atoms with Crippen molar-refractivity contribution in [1.82, 2.24) is 9.79 Å². The Bertz CT molecular complexity index is 1030. The standard InChI is InChI=1S/C17H14N2O7S/c1-18-27(23,24)14-9-10(7-8-13(14)25-2)17(22)26-19-15(20)11-5-3-4-6-12(11)16(19)21/h3-9,18H,1-2H3. The fraction of sp³-hybridized carbons (Fsp3) is 0.118. The van der Waals surface area contributed by atoms with E-state index in [9.17, 15) is 22.8 Å². The molecule has 0 aliphatic carbocycles. The smallest absolute Gasteiger partial charge is 0.363 e. The Balaban J connectivity index is 1.91. The molecule has 0 saturated carbocycles. The summed E-state index contributed by atoms with van der Waals surface area (Å²) in [7, 11) is -1.43. The maximum Gasteiger partial charge on any atom is 0.363 e. The van der Waals surface area contributed by atoms with Crippen LogP contribution in [0.3, 0.4) is 0 Å². The minimum absolute atomic E-state index is 0.0154. The molecule has 3 rings (SSSR count). The summed E-state index contributed by atoms with van der Waals surface area (Å²) in [5.74, 6) is -2.61. The van der Waals surface area contributed by atoms with Crippen molar-refractivity contribution in [3.8, 4) is 5.75 Å². The Morgan fingerprint density at radius 1 is 1.04 bits per heavy atom. The SMILES string of the molecule is CNS(=O)(=O)c1cc(C(=O)ON2C(=O)c3ccccc3C2=O)ccc1OC. The molecule has 0 bridgehead atoms. The normalized spacial score (nSPS) is 13.5. The average molecular weight is 390 g/mol. The molecule has 140 valence electrons. The second-order valence-electron chi connectivity index (χ2n) is 5.40. The van der Waals surface area contributed by atoms with Gasteiger partial charge in [0.15, 0.2) is 0 Å². The maximum atomic E-state index is 12.4. The summed E-state index contributed by atoms with van der Waals surface area (Å²) in [4.78, 5) is 41.5. The van der Waals surface area contributed by atoms with Crippen LogP contribution in [0.4, 0.5) is 0 Å². The van der Waals surface area contributed by atoms with Gasteiger partial charge in [0.1, 0.15) is 10.6 Å². The first-order chi connectivity index (χ1) is 12.8.